The SMILES string of the molecule is COc1cc(CNc2cc(C(F)(F)F)cc(N)n2)ccn1. The van der Waals surface area contributed by atoms with Crippen molar-refractivity contribution < 1.29 is 17.9 Å². The fourth-order valence-corrected chi connectivity index (χ4v) is 1.67. The van der Waals surface area contributed by atoms with Crippen LogP contribution in [-0.2, 0) is 12.7 Å². The molecule has 0 aliphatic rings. The van der Waals surface area contributed by atoms with Gasteiger partial charge < -0.3 is 15.8 Å². The van der Waals surface area contributed by atoms with Crippen LogP contribution in [0.2, 0.25) is 0 Å². The summed E-state index contributed by atoms with van der Waals surface area (Å²) in [5.41, 5.74) is 5.34. The molecule has 0 aromatic carbocycles. The van der Waals surface area contributed by atoms with Gasteiger partial charge in [0.2, 0.25) is 5.88 Å². The Morgan fingerprint density at radius 1 is 1.29 bits per heavy atom. The Hall–Kier alpha value is -2.51. The molecular weight excluding hydrogens is 285 g/mol. The van der Waals surface area contributed by atoms with Gasteiger partial charge in [0, 0.05) is 18.8 Å². The summed E-state index contributed by atoms with van der Waals surface area (Å²) in [4.78, 5) is 7.76. The van der Waals surface area contributed by atoms with E-state index in [0.29, 0.717) is 5.88 Å². The van der Waals surface area contributed by atoms with Crippen LogP contribution < -0.4 is 15.8 Å². The van der Waals surface area contributed by atoms with E-state index in [1.807, 2.05) is 0 Å². The van der Waals surface area contributed by atoms with Crippen molar-refractivity contribution in [3.63, 3.8) is 0 Å². The van der Waals surface area contributed by atoms with Crippen LogP contribution in [0.3, 0.4) is 0 Å². The summed E-state index contributed by atoms with van der Waals surface area (Å²) in [7, 11) is 1.48. The fraction of sp³-hybridized carbons (Fsp3) is 0.231. The predicted molar refractivity (Wildman–Crippen MR) is 71.8 cm³/mol. The molecule has 2 aromatic rings. The topological polar surface area (TPSA) is 73.1 Å². The normalized spacial score (nSPS) is 11.2. The van der Waals surface area contributed by atoms with E-state index in [1.54, 1.807) is 18.3 Å². The van der Waals surface area contributed by atoms with Gasteiger partial charge in [-0.1, -0.05) is 0 Å². The average molecular weight is 298 g/mol. The molecule has 0 saturated heterocycles. The minimum absolute atomic E-state index is 0.0538. The van der Waals surface area contributed by atoms with E-state index in [0.717, 1.165) is 17.7 Å². The number of halogens is 3. The van der Waals surface area contributed by atoms with Gasteiger partial charge in [-0.3, -0.25) is 0 Å². The van der Waals surface area contributed by atoms with Crippen molar-refractivity contribution in [2.24, 2.45) is 0 Å². The predicted octanol–water partition coefficient (Wildman–Crippen LogP) is 2.70. The van der Waals surface area contributed by atoms with Crippen LogP contribution in [0.15, 0.2) is 30.5 Å². The third kappa shape index (κ3) is 3.98. The number of ether oxygens (including phenoxy) is 1. The van der Waals surface area contributed by atoms with Crippen molar-refractivity contribution in [1.29, 1.82) is 0 Å². The molecule has 0 spiro atoms. The maximum absolute atomic E-state index is 12.7. The van der Waals surface area contributed by atoms with E-state index in [2.05, 4.69) is 15.3 Å². The van der Waals surface area contributed by atoms with Gasteiger partial charge >= 0.3 is 6.18 Å². The highest BCUT2D eigenvalue weighted by molar-refractivity contribution is 5.47. The molecule has 21 heavy (non-hydrogen) atoms. The molecule has 0 atom stereocenters. The summed E-state index contributed by atoms with van der Waals surface area (Å²) in [5, 5.41) is 2.79. The number of pyridine rings is 2. The molecule has 3 N–H and O–H groups in total. The van der Waals surface area contributed by atoms with Crippen LogP contribution in [0, 0.1) is 0 Å². The number of rotatable bonds is 4. The summed E-state index contributed by atoms with van der Waals surface area (Å²) < 4.78 is 43.0. The van der Waals surface area contributed by atoms with Gasteiger partial charge in [-0.15, -0.1) is 0 Å². The third-order valence-electron chi connectivity index (χ3n) is 2.65. The molecule has 2 aromatic heterocycles. The number of nitrogens with zero attached hydrogens (tertiary/aromatic N) is 2. The van der Waals surface area contributed by atoms with E-state index in [-0.39, 0.29) is 18.2 Å². The summed E-state index contributed by atoms with van der Waals surface area (Å²) in [6, 6.07) is 5.09. The first-order valence-electron chi connectivity index (χ1n) is 5.96. The number of methoxy groups -OCH3 is 1. The lowest BCUT2D eigenvalue weighted by Crippen LogP contribution is -2.10. The van der Waals surface area contributed by atoms with Gasteiger partial charge in [-0.2, -0.15) is 13.2 Å². The van der Waals surface area contributed by atoms with Crippen LogP contribution in [0.25, 0.3) is 0 Å². The Morgan fingerprint density at radius 2 is 2.05 bits per heavy atom. The van der Waals surface area contributed by atoms with Gasteiger partial charge in [-0.25, -0.2) is 9.97 Å². The van der Waals surface area contributed by atoms with Crippen LogP contribution in [0.5, 0.6) is 5.88 Å². The highest BCUT2D eigenvalue weighted by Crippen LogP contribution is 2.31. The highest BCUT2D eigenvalue weighted by atomic mass is 19.4. The first kappa shape index (κ1) is 14.9. The molecule has 0 radical (unpaired) electrons. The van der Waals surface area contributed by atoms with Gasteiger partial charge in [0.15, 0.2) is 0 Å². The molecule has 0 saturated carbocycles. The van der Waals surface area contributed by atoms with Crippen molar-refractivity contribution in [2.45, 2.75) is 12.7 Å². The van der Waals surface area contributed by atoms with Gasteiger partial charge in [0.25, 0.3) is 0 Å². The summed E-state index contributed by atoms with van der Waals surface area (Å²) in [6.45, 7) is 0.270. The molecule has 112 valence electrons. The zero-order valence-electron chi connectivity index (χ0n) is 11.1. The number of aromatic nitrogens is 2. The monoisotopic (exact) mass is 298 g/mol. The lowest BCUT2D eigenvalue weighted by molar-refractivity contribution is -0.137. The summed E-state index contributed by atoms with van der Waals surface area (Å²) in [6.07, 6.45) is -2.92. The van der Waals surface area contributed by atoms with Gasteiger partial charge in [0.05, 0.1) is 12.7 Å². The summed E-state index contributed by atoms with van der Waals surface area (Å²) >= 11 is 0. The summed E-state index contributed by atoms with van der Waals surface area (Å²) in [5.74, 6) is 0.281. The quantitative estimate of drug-likeness (QED) is 0.908. The molecule has 0 bridgehead atoms. The van der Waals surface area contributed by atoms with Gasteiger partial charge in [-0.05, 0) is 23.8 Å². The number of anilines is 2. The molecule has 0 aliphatic heterocycles. The smallest absolute Gasteiger partial charge is 0.416 e. The third-order valence-corrected chi connectivity index (χ3v) is 2.65. The lowest BCUT2D eigenvalue weighted by Gasteiger charge is -2.11. The molecule has 8 heteroatoms. The van der Waals surface area contributed by atoms with Crippen LogP contribution in [0.4, 0.5) is 24.8 Å². The van der Waals surface area contributed by atoms with Crippen molar-refractivity contribution >= 4 is 11.6 Å². The van der Waals surface area contributed by atoms with Crippen molar-refractivity contribution in [1.82, 2.24) is 9.97 Å². The zero-order chi connectivity index (χ0) is 15.5. The Balaban J connectivity index is 2.14. The fourth-order valence-electron chi connectivity index (χ4n) is 1.67. The molecule has 0 fully saturated rings. The van der Waals surface area contributed by atoms with E-state index >= 15 is 0 Å². The van der Waals surface area contributed by atoms with Gasteiger partial charge in [0.1, 0.15) is 11.6 Å². The molecular formula is C13H13F3N4O. The molecule has 2 heterocycles. The Morgan fingerprint density at radius 3 is 2.71 bits per heavy atom. The minimum Gasteiger partial charge on any atom is -0.481 e. The number of hydrogen-bond donors (Lipinski definition) is 2. The highest BCUT2D eigenvalue weighted by Gasteiger charge is 2.31. The van der Waals surface area contributed by atoms with Crippen LogP contribution in [-0.4, -0.2) is 17.1 Å². The second-order valence-corrected chi connectivity index (χ2v) is 4.22. The first-order valence-corrected chi connectivity index (χ1v) is 5.96. The second kappa shape index (κ2) is 5.86. The number of alkyl halides is 3. The van der Waals surface area contributed by atoms with Crippen molar-refractivity contribution in [3.05, 3.63) is 41.6 Å². The zero-order valence-corrected chi connectivity index (χ0v) is 11.1. The van der Waals surface area contributed by atoms with Crippen molar-refractivity contribution in [2.75, 3.05) is 18.2 Å². The molecule has 0 unspecified atom stereocenters. The lowest BCUT2D eigenvalue weighted by atomic mass is 10.2. The Bertz CT molecular complexity index is 631. The minimum atomic E-state index is -4.46. The number of hydrogen-bond acceptors (Lipinski definition) is 5. The molecule has 0 amide bonds. The van der Waals surface area contributed by atoms with E-state index in [9.17, 15) is 13.2 Å². The Kier molecular flexibility index (Phi) is 4.15. The largest absolute Gasteiger partial charge is 0.481 e. The molecule has 5 nitrogen and oxygen atoms in total. The standard InChI is InChI=1S/C13H13F3N4O/c1-21-12-4-8(2-3-18-12)7-19-11-6-9(13(14,15)16)5-10(17)20-11/h2-6H,7H2,1H3,(H3,17,19,20). The van der Waals surface area contributed by atoms with Crippen molar-refractivity contribution in [3.8, 4) is 5.88 Å². The van der Waals surface area contributed by atoms with Crippen LogP contribution in [0.1, 0.15) is 11.1 Å². The maximum Gasteiger partial charge on any atom is 0.416 e. The molecule has 2 rings (SSSR count). The number of nitrogens with two attached hydrogens (primary N) is 1. The second-order valence-electron chi connectivity index (χ2n) is 4.22. The number of nitrogens with one attached hydrogen (secondary N) is 1. The van der Waals surface area contributed by atoms with E-state index in [4.69, 9.17) is 10.5 Å². The average Bonchev–Trinajstić information content (AvgIpc) is 2.44. The first-order chi connectivity index (χ1) is 9.88. The van der Waals surface area contributed by atoms with Crippen LogP contribution >= 0.6 is 0 Å². The molecule has 0 aliphatic carbocycles. The maximum atomic E-state index is 12.7. The number of nitrogen functional groups attached to an aromatic ring is 1. The van der Waals surface area contributed by atoms with E-state index < -0.39 is 11.7 Å². The van der Waals surface area contributed by atoms with E-state index in [1.165, 1.54) is 7.11 Å². The Labute approximate surface area is 119 Å².